The zero-order valence-corrected chi connectivity index (χ0v) is 12.0. The van der Waals surface area contributed by atoms with Crippen LogP contribution in [-0.4, -0.2) is 54.4 Å². The Balaban J connectivity index is 2.25. The second-order valence-electron chi connectivity index (χ2n) is 5.01. The molecule has 3 N–H and O–H groups in total. The predicted molar refractivity (Wildman–Crippen MR) is 76.6 cm³/mol. The Morgan fingerprint density at radius 3 is 2.38 bits per heavy atom. The highest BCUT2D eigenvalue weighted by atomic mass is 32.2. The van der Waals surface area contributed by atoms with Crippen LogP contribution >= 0.6 is 0 Å². The molecule has 1 aromatic rings. The number of hydrogen-bond donors (Lipinski definition) is 2. The molecule has 8 heteroatoms. The molecule has 0 aliphatic carbocycles. The molecule has 0 bridgehead atoms. The molecule has 114 valence electrons. The van der Waals surface area contributed by atoms with Gasteiger partial charge in [-0.2, -0.15) is 0 Å². The topological polar surface area (TPSA) is 118 Å². The Morgan fingerprint density at radius 2 is 1.90 bits per heavy atom. The first-order chi connectivity index (χ1) is 9.78. The van der Waals surface area contributed by atoms with Crippen molar-refractivity contribution >= 4 is 27.4 Å². The van der Waals surface area contributed by atoms with Gasteiger partial charge < -0.3 is 15.7 Å². The first kappa shape index (κ1) is 15.3. The minimum absolute atomic E-state index is 0.0250. The van der Waals surface area contributed by atoms with Crippen molar-refractivity contribution in [3.63, 3.8) is 0 Å². The maximum Gasteiger partial charge on any atom is 0.323 e. The summed E-state index contributed by atoms with van der Waals surface area (Å²) in [7, 11) is -3.21. The molecule has 0 saturated carbocycles. The highest BCUT2D eigenvalue weighted by molar-refractivity contribution is 7.91. The second kappa shape index (κ2) is 5.72. The highest BCUT2D eigenvalue weighted by Gasteiger charge is 2.35. The van der Waals surface area contributed by atoms with Gasteiger partial charge in [0, 0.05) is 17.3 Å². The zero-order chi connectivity index (χ0) is 15.6. The van der Waals surface area contributed by atoms with Crippen molar-refractivity contribution < 1.29 is 23.1 Å². The molecule has 7 nitrogen and oxygen atoms in total. The number of anilines is 1. The normalized spacial score (nSPS) is 20.1. The van der Waals surface area contributed by atoms with E-state index in [1.807, 2.05) is 0 Å². The van der Waals surface area contributed by atoms with Crippen LogP contribution in [0.3, 0.4) is 0 Å². The largest absolute Gasteiger partial charge is 0.480 e. The molecule has 2 rings (SSSR count). The fourth-order valence-corrected chi connectivity index (χ4v) is 4.06. The SMILES string of the molecule is Nc1ccc(C(=O)N(CC(=O)O)C2CCS(=O)(=O)C2)cc1. The van der Waals surface area contributed by atoms with Crippen LogP contribution in [0.4, 0.5) is 5.69 Å². The summed E-state index contributed by atoms with van der Waals surface area (Å²) in [6.45, 7) is -0.524. The van der Waals surface area contributed by atoms with Gasteiger partial charge in [0.2, 0.25) is 0 Å². The number of carbonyl (C=O) groups excluding carboxylic acids is 1. The van der Waals surface area contributed by atoms with Crippen LogP contribution < -0.4 is 5.73 Å². The average Bonchev–Trinajstić information content (AvgIpc) is 2.76. The lowest BCUT2D eigenvalue weighted by Gasteiger charge is -2.26. The molecule has 1 saturated heterocycles. The fourth-order valence-electron chi connectivity index (χ4n) is 2.33. The van der Waals surface area contributed by atoms with Crippen LogP contribution in [0, 0.1) is 0 Å². The van der Waals surface area contributed by atoms with Gasteiger partial charge in [0.05, 0.1) is 11.5 Å². The van der Waals surface area contributed by atoms with E-state index in [9.17, 15) is 18.0 Å². The summed E-state index contributed by atoms with van der Waals surface area (Å²) in [5.41, 5.74) is 6.32. The number of nitrogen functional groups attached to an aromatic ring is 1. The quantitative estimate of drug-likeness (QED) is 0.755. The Labute approximate surface area is 122 Å². The molecule has 1 aliphatic rings. The van der Waals surface area contributed by atoms with E-state index in [0.717, 1.165) is 4.90 Å². The summed E-state index contributed by atoms with van der Waals surface area (Å²) in [6.07, 6.45) is 0.260. The van der Waals surface area contributed by atoms with E-state index in [1.165, 1.54) is 24.3 Å². The summed E-state index contributed by atoms with van der Waals surface area (Å²) >= 11 is 0. The van der Waals surface area contributed by atoms with Gasteiger partial charge in [-0.15, -0.1) is 0 Å². The number of nitrogens with zero attached hydrogens (tertiary/aromatic N) is 1. The van der Waals surface area contributed by atoms with Crippen molar-refractivity contribution in [3.8, 4) is 0 Å². The standard InChI is InChI=1S/C13H16N2O5S/c14-10-3-1-9(2-4-10)13(18)15(7-12(16)17)11-5-6-21(19,20)8-11/h1-4,11H,5-8,14H2,(H,16,17). The van der Waals surface area contributed by atoms with Gasteiger partial charge in [-0.3, -0.25) is 9.59 Å². The van der Waals surface area contributed by atoms with Gasteiger partial charge in [-0.05, 0) is 30.7 Å². The van der Waals surface area contributed by atoms with Gasteiger partial charge in [-0.1, -0.05) is 0 Å². The minimum atomic E-state index is -3.21. The first-order valence-electron chi connectivity index (χ1n) is 6.37. The van der Waals surface area contributed by atoms with Crippen molar-refractivity contribution in [2.24, 2.45) is 0 Å². The molecular formula is C13H16N2O5S. The van der Waals surface area contributed by atoms with Crippen molar-refractivity contribution in [2.75, 3.05) is 23.8 Å². The number of nitrogens with two attached hydrogens (primary N) is 1. The Kier molecular flexibility index (Phi) is 4.17. The van der Waals surface area contributed by atoms with E-state index in [0.29, 0.717) is 5.69 Å². The van der Waals surface area contributed by atoms with Gasteiger partial charge in [-0.25, -0.2) is 8.42 Å². The maximum absolute atomic E-state index is 12.4. The third-order valence-corrected chi connectivity index (χ3v) is 5.12. The van der Waals surface area contributed by atoms with E-state index in [2.05, 4.69) is 0 Å². The van der Waals surface area contributed by atoms with Crippen LogP contribution in [0.5, 0.6) is 0 Å². The third-order valence-electron chi connectivity index (χ3n) is 3.37. The molecule has 1 fully saturated rings. The van der Waals surface area contributed by atoms with E-state index in [1.54, 1.807) is 0 Å². The molecule has 0 aromatic heterocycles. The van der Waals surface area contributed by atoms with E-state index in [4.69, 9.17) is 10.8 Å². The maximum atomic E-state index is 12.4. The smallest absolute Gasteiger partial charge is 0.323 e. The zero-order valence-electron chi connectivity index (χ0n) is 11.2. The van der Waals surface area contributed by atoms with Crippen molar-refractivity contribution in [3.05, 3.63) is 29.8 Å². The molecule has 1 aromatic carbocycles. The van der Waals surface area contributed by atoms with Gasteiger partial charge >= 0.3 is 5.97 Å². The lowest BCUT2D eigenvalue weighted by Crippen LogP contribution is -2.44. The van der Waals surface area contributed by atoms with Crippen LogP contribution in [0.2, 0.25) is 0 Å². The molecule has 1 aliphatic heterocycles. The van der Waals surface area contributed by atoms with Gasteiger partial charge in [0.1, 0.15) is 6.54 Å². The number of rotatable bonds is 4. The predicted octanol–water partition coefficient (Wildman–Crippen LogP) is -0.0173. The number of carboxylic acid groups (broad SMARTS) is 1. The molecular weight excluding hydrogens is 296 g/mol. The average molecular weight is 312 g/mol. The molecule has 1 atom stereocenters. The molecule has 1 unspecified atom stereocenters. The first-order valence-corrected chi connectivity index (χ1v) is 8.19. The van der Waals surface area contributed by atoms with Crippen LogP contribution in [0.1, 0.15) is 16.8 Å². The Morgan fingerprint density at radius 1 is 1.29 bits per heavy atom. The summed E-state index contributed by atoms with van der Waals surface area (Å²) in [4.78, 5) is 24.5. The number of hydrogen-bond acceptors (Lipinski definition) is 5. The lowest BCUT2D eigenvalue weighted by molar-refractivity contribution is -0.138. The lowest BCUT2D eigenvalue weighted by atomic mass is 10.1. The number of carboxylic acids is 1. The Hall–Kier alpha value is -2.09. The highest BCUT2D eigenvalue weighted by Crippen LogP contribution is 2.20. The van der Waals surface area contributed by atoms with Gasteiger partial charge in [0.15, 0.2) is 9.84 Å². The third kappa shape index (κ3) is 3.72. The van der Waals surface area contributed by atoms with Crippen LogP contribution in [-0.2, 0) is 14.6 Å². The minimum Gasteiger partial charge on any atom is -0.480 e. The molecule has 21 heavy (non-hydrogen) atoms. The number of sulfone groups is 1. The Bertz CT molecular complexity index is 654. The molecule has 1 heterocycles. The number of aliphatic carboxylic acids is 1. The number of benzene rings is 1. The van der Waals surface area contributed by atoms with E-state index >= 15 is 0 Å². The summed E-state index contributed by atoms with van der Waals surface area (Å²) in [5.74, 6) is -1.90. The summed E-state index contributed by atoms with van der Waals surface area (Å²) in [6, 6.07) is 5.47. The van der Waals surface area contributed by atoms with Crippen LogP contribution in [0.25, 0.3) is 0 Å². The molecule has 0 radical (unpaired) electrons. The van der Waals surface area contributed by atoms with Gasteiger partial charge in [0.25, 0.3) is 5.91 Å². The van der Waals surface area contributed by atoms with Crippen molar-refractivity contribution in [2.45, 2.75) is 12.5 Å². The fraction of sp³-hybridized carbons (Fsp3) is 0.385. The monoisotopic (exact) mass is 312 g/mol. The van der Waals surface area contributed by atoms with E-state index < -0.39 is 34.3 Å². The number of amides is 1. The molecule has 0 spiro atoms. The van der Waals surface area contributed by atoms with Crippen LogP contribution in [0.15, 0.2) is 24.3 Å². The second-order valence-corrected chi connectivity index (χ2v) is 7.23. The van der Waals surface area contributed by atoms with E-state index in [-0.39, 0.29) is 23.5 Å². The summed E-state index contributed by atoms with van der Waals surface area (Å²) < 4.78 is 23.1. The summed E-state index contributed by atoms with van der Waals surface area (Å²) in [5, 5.41) is 8.95. The van der Waals surface area contributed by atoms with Crippen molar-refractivity contribution in [1.82, 2.24) is 4.90 Å². The molecule has 1 amide bonds. The van der Waals surface area contributed by atoms with Crippen molar-refractivity contribution in [1.29, 1.82) is 0 Å². The number of carbonyl (C=O) groups is 2.